The van der Waals surface area contributed by atoms with Gasteiger partial charge in [-0.25, -0.2) is 0 Å². The Morgan fingerprint density at radius 1 is 1.12 bits per heavy atom. The number of carbonyl (C=O) groups is 2. The fourth-order valence-corrected chi connectivity index (χ4v) is 7.81. The Bertz CT molecular complexity index is 586. The third-order valence-electron chi connectivity index (χ3n) is 8.61. The van der Waals surface area contributed by atoms with Crippen LogP contribution in [0.15, 0.2) is 0 Å². The van der Waals surface area contributed by atoms with E-state index >= 15 is 0 Å². The molecule has 25 heavy (non-hydrogen) atoms. The maximum absolute atomic E-state index is 13.0. The van der Waals surface area contributed by atoms with E-state index in [9.17, 15) is 14.7 Å². The summed E-state index contributed by atoms with van der Waals surface area (Å²) in [6.07, 6.45) is 7.60. The number of rotatable bonds is 2. The first-order valence-electron chi connectivity index (χ1n) is 10.1. The zero-order valence-electron chi connectivity index (χ0n) is 15.5. The number of halogens is 1. The van der Waals surface area contributed by atoms with E-state index in [1.807, 2.05) is 6.92 Å². The molecule has 0 aromatic carbocycles. The second kappa shape index (κ2) is 6.15. The quantitative estimate of drug-likeness (QED) is 0.695. The van der Waals surface area contributed by atoms with Gasteiger partial charge in [-0.2, -0.15) is 0 Å². The molecule has 0 bridgehead atoms. The molecule has 1 N–H and O–H groups in total. The summed E-state index contributed by atoms with van der Waals surface area (Å²) >= 11 is 3.37. The second-order valence-corrected chi connectivity index (χ2v) is 10.4. The Hall–Kier alpha value is -0.220. The summed E-state index contributed by atoms with van der Waals surface area (Å²) in [5.74, 6) is 3.13. The number of alkyl halides is 1. The number of hydrogen-bond acceptors (Lipinski definition) is 3. The Kier molecular flexibility index (Phi) is 4.47. The van der Waals surface area contributed by atoms with Gasteiger partial charge in [0.15, 0.2) is 0 Å². The van der Waals surface area contributed by atoms with Crippen LogP contribution in [0.4, 0.5) is 0 Å². The van der Waals surface area contributed by atoms with E-state index in [4.69, 9.17) is 0 Å². The molecule has 4 fully saturated rings. The van der Waals surface area contributed by atoms with Gasteiger partial charge in [-0.3, -0.25) is 9.59 Å². The third kappa shape index (κ3) is 2.77. The molecule has 4 saturated carbocycles. The molecule has 0 aromatic rings. The van der Waals surface area contributed by atoms with Gasteiger partial charge in [0.1, 0.15) is 11.6 Å². The van der Waals surface area contributed by atoms with Crippen molar-refractivity contribution in [3.63, 3.8) is 0 Å². The minimum absolute atomic E-state index is 0.0794. The van der Waals surface area contributed by atoms with Gasteiger partial charge in [0.2, 0.25) is 0 Å². The summed E-state index contributed by atoms with van der Waals surface area (Å²) < 4.78 is 0. The molecular weight excluding hydrogens is 380 g/mol. The number of hydrogen-bond donors (Lipinski definition) is 1. The van der Waals surface area contributed by atoms with Crippen LogP contribution in [0.1, 0.15) is 65.2 Å². The van der Waals surface area contributed by atoms with Crippen molar-refractivity contribution < 1.29 is 14.7 Å². The number of ketones is 2. The Balaban J connectivity index is 1.59. The standard InChI is InChI=1S/C21H31BrO3/c1-20(25)7-5-13-12-6-8-21(2)16(3-4-17(21)19(24)11-22)14(12)9-18(23)15(13)10-20/h12-17,25H,3-11H2,1-2H3/t12-,13-,14-,15-,16+,17-,20-,21+/m1/s1. The number of Topliss-reactive ketones (excluding diaryl/α,β-unsaturated/α-hetero) is 2. The largest absolute Gasteiger partial charge is 0.390 e. The highest BCUT2D eigenvalue weighted by Crippen LogP contribution is 2.64. The van der Waals surface area contributed by atoms with E-state index in [0.29, 0.717) is 53.4 Å². The molecule has 4 aliphatic rings. The van der Waals surface area contributed by atoms with Gasteiger partial charge >= 0.3 is 0 Å². The second-order valence-electron chi connectivity index (χ2n) is 9.89. The fraction of sp³-hybridized carbons (Fsp3) is 0.905. The van der Waals surface area contributed by atoms with Crippen molar-refractivity contribution in [3.05, 3.63) is 0 Å². The summed E-state index contributed by atoms with van der Waals surface area (Å²) in [4.78, 5) is 25.4. The van der Waals surface area contributed by atoms with Crippen molar-refractivity contribution in [3.8, 4) is 0 Å². The van der Waals surface area contributed by atoms with Crippen molar-refractivity contribution in [2.24, 2.45) is 40.9 Å². The normalized spacial score (nSPS) is 52.2. The molecule has 4 aliphatic carbocycles. The van der Waals surface area contributed by atoms with Crippen molar-refractivity contribution >= 4 is 27.5 Å². The number of fused-ring (bicyclic) bond motifs is 5. The number of aliphatic hydroxyl groups is 1. The molecule has 4 heteroatoms. The summed E-state index contributed by atoms with van der Waals surface area (Å²) in [5, 5.41) is 10.9. The molecule has 0 aromatic heterocycles. The summed E-state index contributed by atoms with van der Waals surface area (Å²) in [7, 11) is 0. The van der Waals surface area contributed by atoms with E-state index < -0.39 is 5.60 Å². The lowest BCUT2D eigenvalue weighted by molar-refractivity contribution is -0.149. The van der Waals surface area contributed by atoms with Crippen LogP contribution in [0.5, 0.6) is 0 Å². The smallest absolute Gasteiger partial charge is 0.147 e. The van der Waals surface area contributed by atoms with Crippen molar-refractivity contribution in [1.29, 1.82) is 0 Å². The van der Waals surface area contributed by atoms with Crippen LogP contribution >= 0.6 is 15.9 Å². The lowest BCUT2D eigenvalue weighted by Crippen LogP contribution is -2.53. The van der Waals surface area contributed by atoms with Crippen LogP contribution in [0.25, 0.3) is 0 Å². The SMILES string of the molecule is C[C@@]1(O)CC[C@@H]2[C@H]3CC[C@]4(C)[C@@H](C(=O)CBr)CC[C@H]4[C@@H]3CC(=O)[C@@H]2C1. The lowest BCUT2D eigenvalue weighted by atomic mass is 9.48. The zero-order valence-corrected chi connectivity index (χ0v) is 17.1. The summed E-state index contributed by atoms with van der Waals surface area (Å²) in [5.41, 5.74) is -0.563. The van der Waals surface area contributed by atoms with Gasteiger partial charge < -0.3 is 5.11 Å². The minimum Gasteiger partial charge on any atom is -0.390 e. The van der Waals surface area contributed by atoms with E-state index in [2.05, 4.69) is 22.9 Å². The highest BCUT2D eigenvalue weighted by molar-refractivity contribution is 9.09. The van der Waals surface area contributed by atoms with E-state index in [-0.39, 0.29) is 17.3 Å². The first-order valence-corrected chi connectivity index (χ1v) is 11.2. The van der Waals surface area contributed by atoms with E-state index in [1.54, 1.807) is 0 Å². The van der Waals surface area contributed by atoms with Crippen LogP contribution in [-0.4, -0.2) is 27.6 Å². The van der Waals surface area contributed by atoms with Gasteiger partial charge in [-0.15, -0.1) is 0 Å². The maximum atomic E-state index is 13.0. The molecular formula is C21H31BrO3. The molecule has 8 atom stereocenters. The Morgan fingerprint density at radius 3 is 2.56 bits per heavy atom. The topological polar surface area (TPSA) is 54.4 Å². The van der Waals surface area contributed by atoms with E-state index in [0.717, 1.165) is 32.1 Å². The van der Waals surface area contributed by atoms with E-state index in [1.165, 1.54) is 6.42 Å². The molecule has 0 heterocycles. The third-order valence-corrected chi connectivity index (χ3v) is 9.16. The van der Waals surface area contributed by atoms with Crippen molar-refractivity contribution in [2.75, 3.05) is 5.33 Å². The van der Waals surface area contributed by atoms with Gasteiger partial charge in [-0.05, 0) is 81.0 Å². The maximum Gasteiger partial charge on any atom is 0.147 e. The van der Waals surface area contributed by atoms with Crippen LogP contribution in [0.3, 0.4) is 0 Å². The molecule has 0 radical (unpaired) electrons. The summed E-state index contributed by atoms with van der Waals surface area (Å²) in [6, 6.07) is 0. The summed E-state index contributed by atoms with van der Waals surface area (Å²) in [6.45, 7) is 4.22. The first kappa shape index (κ1) is 18.2. The minimum atomic E-state index is -0.659. The van der Waals surface area contributed by atoms with Crippen LogP contribution in [-0.2, 0) is 9.59 Å². The molecule has 0 amide bonds. The van der Waals surface area contributed by atoms with Crippen molar-refractivity contribution in [1.82, 2.24) is 0 Å². The highest BCUT2D eigenvalue weighted by Gasteiger charge is 2.60. The van der Waals surface area contributed by atoms with Gasteiger partial charge in [0.05, 0.1) is 10.9 Å². The first-order chi connectivity index (χ1) is 11.8. The monoisotopic (exact) mass is 410 g/mol. The lowest BCUT2D eigenvalue weighted by Gasteiger charge is -2.56. The van der Waals surface area contributed by atoms with Crippen LogP contribution in [0.2, 0.25) is 0 Å². The van der Waals surface area contributed by atoms with Gasteiger partial charge in [0.25, 0.3) is 0 Å². The Labute approximate surface area is 159 Å². The average Bonchev–Trinajstić information content (AvgIpc) is 2.91. The molecule has 3 nitrogen and oxygen atoms in total. The average molecular weight is 411 g/mol. The van der Waals surface area contributed by atoms with Crippen LogP contribution < -0.4 is 0 Å². The van der Waals surface area contributed by atoms with Crippen LogP contribution in [0, 0.1) is 40.9 Å². The predicted molar refractivity (Wildman–Crippen MR) is 100 cm³/mol. The predicted octanol–water partition coefficient (Wildman–Crippen LogP) is 4.15. The van der Waals surface area contributed by atoms with Gasteiger partial charge in [-0.1, -0.05) is 22.9 Å². The van der Waals surface area contributed by atoms with Crippen molar-refractivity contribution in [2.45, 2.75) is 70.8 Å². The molecule has 4 rings (SSSR count). The number of carbonyl (C=O) groups excluding carboxylic acids is 2. The van der Waals surface area contributed by atoms with Gasteiger partial charge in [0, 0.05) is 18.3 Å². The fourth-order valence-electron chi connectivity index (χ4n) is 7.42. The Morgan fingerprint density at radius 2 is 1.84 bits per heavy atom. The highest BCUT2D eigenvalue weighted by atomic mass is 79.9. The zero-order chi connectivity index (χ0) is 18.0. The molecule has 0 saturated heterocycles. The molecule has 0 unspecified atom stereocenters. The molecule has 140 valence electrons. The molecule has 0 spiro atoms. The molecule has 0 aliphatic heterocycles.